The van der Waals surface area contributed by atoms with Crippen LogP contribution in [-0.4, -0.2) is 26.6 Å². The predicted molar refractivity (Wildman–Crippen MR) is 78.9 cm³/mol. The topological polar surface area (TPSA) is 0 Å². The second kappa shape index (κ2) is 6.14. The first-order valence-electron chi connectivity index (χ1n) is 5.64. The maximum Gasteiger partial charge on any atom is 0.0611 e. The zero-order chi connectivity index (χ0) is 12.1. The van der Waals surface area contributed by atoms with Crippen LogP contribution < -0.4 is 10.4 Å². The minimum atomic E-state index is 0.964. The molecule has 0 unspecified atom stereocenters. The van der Waals surface area contributed by atoms with E-state index in [2.05, 4.69) is 62.4 Å². The van der Waals surface area contributed by atoms with E-state index >= 15 is 0 Å². The van der Waals surface area contributed by atoms with Gasteiger partial charge in [-0.15, -0.1) is 0 Å². The molecular formula is C14H14Si3. The summed E-state index contributed by atoms with van der Waals surface area (Å²) in [6, 6.07) is 17.9. The molecule has 3 heteroatoms. The van der Waals surface area contributed by atoms with Crippen molar-refractivity contribution in [3.8, 4) is 0 Å². The van der Waals surface area contributed by atoms with Gasteiger partial charge in [-0.05, 0) is 13.8 Å². The van der Waals surface area contributed by atoms with Crippen molar-refractivity contribution in [2.45, 2.75) is 13.8 Å². The molecule has 0 atom stereocenters. The molecule has 0 fully saturated rings. The fourth-order valence-corrected chi connectivity index (χ4v) is 7.68. The van der Waals surface area contributed by atoms with Crippen molar-refractivity contribution in [2.24, 2.45) is 0 Å². The smallest absolute Gasteiger partial charge is 0.0611 e. The molecule has 0 saturated heterocycles. The number of benzene rings is 2. The van der Waals surface area contributed by atoms with Gasteiger partial charge in [-0.3, -0.25) is 0 Å². The van der Waals surface area contributed by atoms with Gasteiger partial charge in [-0.25, -0.2) is 0 Å². The minimum absolute atomic E-state index is 0.964. The zero-order valence-electron chi connectivity index (χ0n) is 10.1. The van der Waals surface area contributed by atoms with Crippen molar-refractivity contribution in [3.63, 3.8) is 0 Å². The van der Waals surface area contributed by atoms with Gasteiger partial charge in [0, 0.05) is 8.55 Å². The molecule has 6 radical (unpaired) electrons. The van der Waals surface area contributed by atoms with Gasteiger partial charge in [0.15, 0.2) is 0 Å². The van der Waals surface area contributed by atoms with Crippen LogP contribution in [0.5, 0.6) is 0 Å². The monoisotopic (exact) mass is 266 g/mol. The molecule has 2 aromatic carbocycles. The maximum absolute atomic E-state index is 2.26. The number of aryl methyl sites for hydroxylation is 2. The first-order chi connectivity index (χ1) is 8.24. The highest BCUT2D eigenvalue weighted by Gasteiger charge is 1.98. The van der Waals surface area contributed by atoms with Crippen LogP contribution in [-0.2, 0) is 0 Å². The molecule has 2 aromatic rings. The summed E-state index contributed by atoms with van der Waals surface area (Å²) in [5.74, 6) is 0. The fourth-order valence-electron chi connectivity index (χ4n) is 1.45. The van der Waals surface area contributed by atoms with Crippen molar-refractivity contribution >= 4 is 37.0 Å². The molecule has 0 amide bonds. The van der Waals surface area contributed by atoms with Gasteiger partial charge < -0.3 is 0 Å². The van der Waals surface area contributed by atoms with Crippen LogP contribution in [0.4, 0.5) is 0 Å². The Balaban J connectivity index is 1.83. The molecule has 0 spiro atoms. The highest BCUT2D eigenvalue weighted by Crippen LogP contribution is 1.93. The Hall–Kier alpha value is -0.909. The van der Waals surface area contributed by atoms with E-state index < -0.39 is 0 Å². The summed E-state index contributed by atoms with van der Waals surface area (Å²) in [4.78, 5) is 0. The second-order valence-corrected chi connectivity index (χ2v) is 10.5. The lowest BCUT2D eigenvalue weighted by Gasteiger charge is -2.01. The third-order valence-corrected chi connectivity index (χ3v) is 8.74. The quantitative estimate of drug-likeness (QED) is 0.730. The maximum atomic E-state index is 2.26. The standard InChI is InChI=1S/C14H14Si3/c1-11-3-7-13(8-4-11)15-17-16-14-9-5-12(2)6-10-14/h3-10H,1-2H3. The number of rotatable bonds is 4. The van der Waals surface area contributed by atoms with E-state index in [1.54, 1.807) is 0 Å². The van der Waals surface area contributed by atoms with Gasteiger partial charge in [0.1, 0.15) is 0 Å². The van der Waals surface area contributed by atoms with Gasteiger partial charge in [0.05, 0.1) is 18.1 Å². The molecule has 2 rings (SSSR count). The molecule has 0 aliphatic rings. The molecule has 17 heavy (non-hydrogen) atoms. The van der Waals surface area contributed by atoms with E-state index in [1.807, 2.05) is 0 Å². The number of hydrogen-bond donors (Lipinski definition) is 0. The minimum Gasteiger partial charge on any atom is -0.0681 e. The van der Waals surface area contributed by atoms with E-state index in [1.165, 1.54) is 21.5 Å². The molecule has 0 heterocycles. The predicted octanol–water partition coefficient (Wildman–Crippen LogP) is 1.20. The van der Waals surface area contributed by atoms with E-state index in [4.69, 9.17) is 0 Å². The van der Waals surface area contributed by atoms with E-state index in [-0.39, 0.29) is 0 Å². The van der Waals surface area contributed by atoms with Gasteiger partial charge in [0.25, 0.3) is 0 Å². The first kappa shape index (κ1) is 12.5. The Morgan fingerprint density at radius 2 is 0.941 bits per heavy atom. The summed E-state index contributed by atoms with van der Waals surface area (Å²) < 4.78 is 0. The summed E-state index contributed by atoms with van der Waals surface area (Å²) in [7, 11) is 2.96. The normalized spacial score (nSPS) is 10.5. The summed E-state index contributed by atoms with van der Waals surface area (Å²) in [6.07, 6.45) is 0. The van der Waals surface area contributed by atoms with Crippen LogP contribution in [0.3, 0.4) is 0 Å². The van der Waals surface area contributed by atoms with Gasteiger partial charge in [0.2, 0.25) is 0 Å². The summed E-state index contributed by atoms with van der Waals surface area (Å²) >= 11 is 0. The fraction of sp³-hybridized carbons (Fsp3) is 0.143. The molecule has 0 aliphatic carbocycles. The van der Waals surface area contributed by atoms with Crippen LogP contribution in [0.2, 0.25) is 0 Å². The molecule has 0 nitrogen and oxygen atoms in total. The lowest BCUT2D eigenvalue weighted by atomic mass is 10.2. The molecule has 82 valence electrons. The van der Waals surface area contributed by atoms with Gasteiger partial charge in [-0.1, -0.05) is 70.0 Å². The Morgan fingerprint density at radius 1 is 0.588 bits per heavy atom. The highest BCUT2D eigenvalue weighted by molar-refractivity contribution is 7.35. The van der Waals surface area contributed by atoms with E-state index in [9.17, 15) is 0 Å². The molecule has 0 bridgehead atoms. The van der Waals surface area contributed by atoms with E-state index in [0.717, 1.165) is 26.6 Å². The summed E-state index contributed by atoms with van der Waals surface area (Å²) in [5.41, 5.74) is 2.70. The second-order valence-electron chi connectivity index (χ2n) is 4.11. The molecule has 0 N–H and O–H groups in total. The third kappa shape index (κ3) is 4.11. The lowest BCUT2D eigenvalue weighted by molar-refractivity contribution is 1.49. The number of hydrogen-bond acceptors (Lipinski definition) is 0. The molecule has 0 saturated carbocycles. The average molecular weight is 267 g/mol. The van der Waals surface area contributed by atoms with Gasteiger partial charge in [-0.2, -0.15) is 0 Å². The Labute approximate surface area is 111 Å². The van der Waals surface area contributed by atoms with Crippen LogP contribution in [0.15, 0.2) is 48.5 Å². The SMILES string of the molecule is Cc1ccc([Si][Si][Si]c2ccc(C)cc2)cc1. The van der Waals surface area contributed by atoms with Crippen LogP contribution in [0, 0.1) is 13.8 Å². The van der Waals surface area contributed by atoms with Crippen LogP contribution in [0.1, 0.15) is 11.1 Å². The molecule has 0 aromatic heterocycles. The molecular weight excluding hydrogens is 252 g/mol. The van der Waals surface area contributed by atoms with Crippen molar-refractivity contribution < 1.29 is 0 Å². The summed E-state index contributed by atoms with van der Waals surface area (Å²) in [6.45, 7) is 4.28. The largest absolute Gasteiger partial charge is 0.0681 e. The Bertz CT molecular complexity index is 414. The van der Waals surface area contributed by atoms with Crippen molar-refractivity contribution in [1.82, 2.24) is 0 Å². The zero-order valence-corrected chi connectivity index (χ0v) is 13.1. The molecule has 0 aliphatic heterocycles. The highest BCUT2D eigenvalue weighted by atomic mass is 29.5. The Morgan fingerprint density at radius 3 is 1.29 bits per heavy atom. The van der Waals surface area contributed by atoms with Crippen LogP contribution >= 0.6 is 0 Å². The average Bonchev–Trinajstić information content (AvgIpc) is 2.34. The van der Waals surface area contributed by atoms with Crippen molar-refractivity contribution in [1.29, 1.82) is 0 Å². The van der Waals surface area contributed by atoms with Crippen molar-refractivity contribution in [3.05, 3.63) is 59.7 Å². The Kier molecular flexibility index (Phi) is 4.53. The van der Waals surface area contributed by atoms with Crippen molar-refractivity contribution in [2.75, 3.05) is 0 Å². The lowest BCUT2D eigenvalue weighted by Crippen LogP contribution is -2.31. The first-order valence-corrected chi connectivity index (χ1v) is 10.6. The van der Waals surface area contributed by atoms with Crippen LogP contribution in [0.25, 0.3) is 0 Å². The summed E-state index contributed by atoms with van der Waals surface area (Å²) in [5, 5.41) is 2.99. The third-order valence-electron chi connectivity index (χ3n) is 2.52. The van der Waals surface area contributed by atoms with Gasteiger partial charge >= 0.3 is 0 Å². The van der Waals surface area contributed by atoms with E-state index in [0.29, 0.717) is 0 Å².